The van der Waals surface area contributed by atoms with Crippen LogP contribution in [-0.2, 0) is 0 Å². The topological polar surface area (TPSA) is 20.3 Å². The minimum atomic E-state index is 0.0684. The van der Waals surface area contributed by atoms with Gasteiger partial charge in [0.25, 0.3) is 5.91 Å². The zero-order valence-corrected chi connectivity index (χ0v) is 11.9. The Labute approximate surface area is 124 Å². The van der Waals surface area contributed by atoms with Crippen molar-refractivity contribution in [1.29, 1.82) is 0 Å². The number of hydrogen-bond donors (Lipinski definition) is 0. The van der Waals surface area contributed by atoms with Gasteiger partial charge in [-0.25, -0.2) is 0 Å². The first kappa shape index (κ1) is 13.2. The van der Waals surface area contributed by atoms with E-state index in [0.29, 0.717) is 10.6 Å². The SMILES string of the molecule is O=C(c1cccc(Cl)c1)N1CCC[C@H]1c1ccccc1. The summed E-state index contributed by atoms with van der Waals surface area (Å²) in [6.07, 6.45) is 2.07. The van der Waals surface area contributed by atoms with E-state index in [4.69, 9.17) is 11.6 Å². The molecule has 0 saturated carbocycles. The lowest BCUT2D eigenvalue weighted by atomic mass is 10.0. The molecule has 20 heavy (non-hydrogen) atoms. The van der Waals surface area contributed by atoms with E-state index in [1.165, 1.54) is 5.56 Å². The molecule has 102 valence electrons. The molecule has 0 aromatic heterocycles. The Hall–Kier alpha value is -1.80. The molecule has 1 aliphatic heterocycles. The first-order valence-electron chi connectivity index (χ1n) is 6.87. The molecule has 1 aliphatic rings. The largest absolute Gasteiger partial charge is 0.332 e. The van der Waals surface area contributed by atoms with Crippen LogP contribution in [0.15, 0.2) is 54.6 Å². The second-order valence-electron chi connectivity index (χ2n) is 5.08. The number of carbonyl (C=O) groups is 1. The molecule has 2 nitrogen and oxygen atoms in total. The Kier molecular flexibility index (Phi) is 3.75. The van der Waals surface area contributed by atoms with Gasteiger partial charge in [-0.05, 0) is 36.6 Å². The van der Waals surface area contributed by atoms with Crippen molar-refractivity contribution in [2.24, 2.45) is 0 Å². The molecule has 1 saturated heterocycles. The summed E-state index contributed by atoms with van der Waals surface area (Å²) in [5.41, 5.74) is 1.88. The summed E-state index contributed by atoms with van der Waals surface area (Å²) in [4.78, 5) is 14.6. The molecule has 2 aromatic carbocycles. The summed E-state index contributed by atoms with van der Waals surface area (Å²) in [7, 11) is 0. The Bertz CT molecular complexity index is 611. The fourth-order valence-electron chi connectivity index (χ4n) is 2.82. The second kappa shape index (κ2) is 5.68. The molecule has 0 unspecified atom stereocenters. The molecule has 0 aliphatic carbocycles. The molecule has 1 amide bonds. The summed E-state index contributed by atoms with van der Waals surface area (Å²) in [6.45, 7) is 0.810. The number of nitrogens with zero attached hydrogens (tertiary/aromatic N) is 1. The standard InChI is InChI=1S/C17H16ClNO/c18-15-9-4-8-14(12-15)17(20)19-11-5-10-16(19)13-6-2-1-3-7-13/h1-4,6-9,12,16H,5,10-11H2/t16-/m0/s1. The van der Waals surface area contributed by atoms with E-state index in [9.17, 15) is 4.79 Å². The lowest BCUT2D eigenvalue weighted by Gasteiger charge is -2.25. The lowest BCUT2D eigenvalue weighted by molar-refractivity contribution is 0.0735. The van der Waals surface area contributed by atoms with Crippen LogP contribution in [0.5, 0.6) is 0 Å². The number of halogens is 1. The summed E-state index contributed by atoms with van der Waals surface area (Å²) in [5.74, 6) is 0.0684. The second-order valence-corrected chi connectivity index (χ2v) is 5.51. The number of rotatable bonds is 2. The molecular formula is C17H16ClNO. The molecule has 1 atom stereocenters. The molecule has 2 aromatic rings. The van der Waals surface area contributed by atoms with E-state index in [2.05, 4.69) is 12.1 Å². The van der Waals surface area contributed by atoms with E-state index in [1.54, 1.807) is 12.1 Å². The smallest absolute Gasteiger partial charge is 0.254 e. The summed E-state index contributed by atoms with van der Waals surface area (Å²) >= 11 is 5.98. The molecule has 0 spiro atoms. The average molecular weight is 286 g/mol. The molecule has 0 radical (unpaired) electrons. The van der Waals surface area contributed by atoms with Crippen LogP contribution in [0.25, 0.3) is 0 Å². The molecule has 0 N–H and O–H groups in total. The van der Waals surface area contributed by atoms with Crippen molar-refractivity contribution >= 4 is 17.5 Å². The highest BCUT2D eigenvalue weighted by atomic mass is 35.5. The van der Waals surface area contributed by atoms with Gasteiger partial charge in [0.15, 0.2) is 0 Å². The number of amides is 1. The lowest BCUT2D eigenvalue weighted by Crippen LogP contribution is -2.30. The van der Waals surface area contributed by atoms with Gasteiger partial charge in [0.1, 0.15) is 0 Å². The first-order chi connectivity index (χ1) is 9.75. The zero-order valence-electron chi connectivity index (χ0n) is 11.1. The van der Waals surface area contributed by atoms with Crippen LogP contribution in [0.4, 0.5) is 0 Å². The maximum absolute atomic E-state index is 12.7. The highest BCUT2D eigenvalue weighted by Crippen LogP contribution is 2.33. The van der Waals surface area contributed by atoms with Crippen molar-refractivity contribution < 1.29 is 4.79 Å². The number of hydrogen-bond acceptors (Lipinski definition) is 1. The molecular weight excluding hydrogens is 270 g/mol. The molecule has 3 heteroatoms. The Morgan fingerprint density at radius 3 is 2.65 bits per heavy atom. The average Bonchev–Trinajstić information content (AvgIpc) is 2.97. The van der Waals surface area contributed by atoms with Gasteiger partial charge in [0, 0.05) is 17.1 Å². The summed E-state index contributed by atoms with van der Waals surface area (Å²) < 4.78 is 0. The van der Waals surface area contributed by atoms with Gasteiger partial charge in [0.2, 0.25) is 0 Å². The minimum Gasteiger partial charge on any atom is -0.332 e. The van der Waals surface area contributed by atoms with Gasteiger partial charge < -0.3 is 4.90 Å². The fourth-order valence-corrected chi connectivity index (χ4v) is 3.01. The quantitative estimate of drug-likeness (QED) is 0.805. The van der Waals surface area contributed by atoms with Crippen LogP contribution in [0.1, 0.15) is 34.8 Å². The maximum atomic E-state index is 12.7. The van der Waals surface area contributed by atoms with Crippen molar-refractivity contribution in [1.82, 2.24) is 4.90 Å². The third-order valence-corrected chi connectivity index (χ3v) is 4.00. The summed E-state index contributed by atoms with van der Waals surface area (Å²) in [5, 5.41) is 0.603. The Morgan fingerprint density at radius 2 is 1.90 bits per heavy atom. The molecule has 3 rings (SSSR count). The van der Waals surface area contributed by atoms with Gasteiger partial charge in [-0.15, -0.1) is 0 Å². The molecule has 1 fully saturated rings. The van der Waals surface area contributed by atoms with E-state index in [-0.39, 0.29) is 11.9 Å². The van der Waals surface area contributed by atoms with Crippen molar-refractivity contribution in [3.63, 3.8) is 0 Å². The van der Waals surface area contributed by atoms with Gasteiger partial charge in [0.05, 0.1) is 6.04 Å². The van der Waals surface area contributed by atoms with Crippen LogP contribution in [0.3, 0.4) is 0 Å². The maximum Gasteiger partial charge on any atom is 0.254 e. The van der Waals surface area contributed by atoms with Crippen LogP contribution in [0.2, 0.25) is 5.02 Å². The third kappa shape index (κ3) is 2.56. The predicted octanol–water partition coefficient (Wildman–Crippen LogP) is 4.32. The summed E-state index contributed by atoms with van der Waals surface area (Å²) in [6, 6.07) is 17.6. The van der Waals surface area contributed by atoms with Crippen molar-refractivity contribution in [3.05, 3.63) is 70.7 Å². The number of likely N-dealkylation sites (tertiary alicyclic amines) is 1. The van der Waals surface area contributed by atoms with Crippen molar-refractivity contribution in [3.8, 4) is 0 Å². The Balaban J connectivity index is 1.87. The van der Waals surface area contributed by atoms with Gasteiger partial charge in [-0.1, -0.05) is 48.0 Å². The van der Waals surface area contributed by atoms with Gasteiger partial charge in [-0.2, -0.15) is 0 Å². The van der Waals surface area contributed by atoms with E-state index < -0.39 is 0 Å². The van der Waals surface area contributed by atoms with Crippen molar-refractivity contribution in [2.75, 3.05) is 6.54 Å². The van der Waals surface area contributed by atoms with E-state index >= 15 is 0 Å². The van der Waals surface area contributed by atoms with Gasteiger partial charge in [-0.3, -0.25) is 4.79 Å². The molecule has 1 heterocycles. The van der Waals surface area contributed by atoms with Crippen LogP contribution in [-0.4, -0.2) is 17.4 Å². The minimum absolute atomic E-state index is 0.0684. The van der Waals surface area contributed by atoms with Crippen LogP contribution < -0.4 is 0 Å². The van der Waals surface area contributed by atoms with Crippen LogP contribution in [0, 0.1) is 0 Å². The third-order valence-electron chi connectivity index (χ3n) is 3.77. The van der Waals surface area contributed by atoms with Gasteiger partial charge >= 0.3 is 0 Å². The van der Waals surface area contributed by atoms with E-state index in [1.807, 2.05) is 35.2 Å². The Morgan fingerprint density at radius 1 is 1.10 bits per heavy atom. The predicted molar refractivity (Wildman–Crippen MR) is 80.9 cm³/mol. The first-order valence-corrected chi connectivity index (χ1v) is 7.25. The highest BCUT2D eigenvalue weighted by molar-refractivity contribution is 6.30. The number of carbonyl (C=O) groups excluding carboxylic acids is 1. The molecule has 0 bridgehead atoms. The van der Waals surface area contributed by atoms with Crippen LogP contribution >= 0.6 is 11.6 Å². The highest BCUT2D eigenvalue weighted by Gasteiger charge is 2.30. The monoisotopic (exact) mass is 285 g/mol. The van der Waals surface area contributed by atoms with Crippen molar-refractivity contribution in [2.45, 2.75) is 18.9 Å². The number of benzene rings is 2. The zero-order chi connectivity index (χ0) is 13.9. The normalized spacial score (nSPS) is 18.2. The van der Waals surface area contributed by atoms with E-state index in [0.717, 1.165) is 19.4 Å². The fraction of sp³-hybridized carbons (Fsp3) is 0.235.